The molecule has 0 heterocycles. The average molecular weight is 244 g/mol. The predicted molar refractivity (Wildman–Crippen MR) is 71.5 cm³/mol. The van der Waals surface area contributed by atoms with Crippen LogP contribution in [-0.2, 0) is 4.79 Å². The van der Waals surface area contributed by atoms with Gasteiger partial charge in [-0.15, -0.1) is 0 Å². The number of benzene rings is 1. The zero-order chi connectivity index (χ0) is 13.0. The fourth-order valence-corrected chi connectivity index (χ4v) is 2.98. The minimum atomic E-state index is -0.423. The standard InChI is InChI=1S/C16H20O2/c1-12(17)15(13-8-4-2-5-9-13)16(18)14-10-6-3-7-11-14/h3,6-7,10-11,13,15H,2,4-5,8-9H2,1H3. The molecule has 2 nitrogen and oxygen atoms in total. The largest absolute Gasteiger partial charge is 0.299 e. The summed E-state index contributed by atoms with van der Waals surface area (Å²) >= 11 is 0. The summed E-state index contributed by atoms with van der Waals surface area (Å²) < 4.78 is 0. The van der Waals surface area contributed by atoms with Crippen LogP contribution in [-0.4, -0.2) is 11.6 Å². The Balaban J connectivity index is 2.19. The Morgan fingerprint density at radius 2 is 1.67 bits per heavy atom. The van der Waals surface area contributed by atoms with Crippen molar-refractivity contribution in [2.75, 3.05) is 0 Å². The molecule has 1 unspecified atom stereocenters. The summed E-state index contributed by atoms with van der Waals surface area (Å²) in [6, 6.07) is 9.21. The van der Waals surface area contributed by atoms with Crippen molar-refractivity contribution in [3.05, 3.63) is 35.9 Å². The number of rotatable bonds is 4. The Hall–Kier alpha value is -1.44. The molecular weight excluding hydrogens is 224 g/mol. The third-order valence-corrected chi connectivity index (χ3v) is 3.90. The zero-order valence-corrected chi connectivity index (χ0v) is 10.9. The van der Waals surface area contributed by atoms with E-state index in [-0.39, 0.29) is 17.5 Å². The lowest BCUT2D eigenvalue weighted by atomic mass is 9.75. The fraction of sp³-hybridized carbons (Fsp3) is 0.500. The van der Waals surface area contributed by atoms with E-state index in [0.717, 1.165) is 25.7 Å². The van der Waals surface area contributed by atoms with Gasteiger partial charge in [-0.05, 0) is 25.7 Å². The van der Waals surface area contributed by atoms with Crippen molar-refractivity contribution in [2.45, 2.75) is 39.0 Å². The Morgan fingerprint density at radius 1 is 1.06 bits per heavy atom. The molecule has 1 aromatic carbocycles. The summed E-state index contributed by atoms with van der Waals surface area (Å²) in [4.78, 5) is 24.3. The lowest BCUT2D eigenvalue weighted by Crippen LogP contribution is -2.31. The lowest BCUT2D eigenvalue weighted by Gasteiger charge is -2.27. The molecule has 0 aliphatic heterocycles. The summed E-state index contributed by atoms with van der Waals surface area (Å²) in [5.41, 5.74) is 0.670. The molecule has 1 fully saturated rings. The highest BCUT2D eigenvalue weighted by Crippen LogP contribution is 2.32. The van der Waals surface area contributed by atoms with Crippen molar-refractivity contribution in [1.29, 1.82) is 0 Å². The first-order valence-electron chi connectivity index (χ1n) is 6.80. The second-order valence-corrected chi connectivity index (χ2v) is 5.22. The lowest BCUT2D eigenvalue weighted by molar-refractivity contribution is -0.121. The van der Waals surface area contributed by atoms with Gasteiger partial charge >= 0.3 is 0 Å². The van der Waals surface area contributed by atoms with Crippen molar-refractivity contribution in [3.8, 4) is 0 Å². The molecule has 0 aromatic heterocycles. The predicted octanol–water partition coefficient (Wildman–Crippen LogP) is 3.65. The van der Waals surface area contributed by atoms with Crippen LogP contribution in [0, 0.1) is 11.8 Å². The molecule has 2 rings (SSSR count). The molecular formula is C16H20O2. The van der Waals surface area contributed by atoms with Crippen LogP contribution in [0.4, 0.5) is 0 Å². The quantitative estimate of drug-likeness (QED) is 0.598. The second-order valence-electron chi connectivity index (χ2n) is 5.22. The Bertz CT molecular complexity index is 416. The van der Waals surface area contributed by atoms with E-state index in [0.29, 0.717) is 5.56 Å². The van der Waals surface area contributed by atoms with Crippen LogP contribution >= 0.6 is 0 Å². The van der Waals surface area contributed by atoms with E-state index in [9.17, 15) is 9.59 Å². The highest BCUT2D eigenvalue weighted by Gasteiger charge is 2.33. The van der Waals surface area contributed by atoms with Crippen molar-refractivity contribution in [1.82, 2.24) is 0 Å². The Labute approximate surface area is 108 Å². The number of carbonyl (C=O) groups excluding carboxylic acids is 2. The van der Waals surface area contributed by atoms with Crippen LogP contribution in [0.2, 0.25) is 0 Å². The van der Waals surface area contributed by atoms with E-state index < -0.39 is 5.92 Å². The maximum atomic E-state index is 12.5. The number of ketones is 2. The van der Waals surface area contributed by atoms with E-state index >= 15 is 0 Å². The van der Waals surface area contributed by atoms with Crippen molar-refractivity contribution >= 4 is 11.6 Å². The van der Waals surface area contributed by atoms with Crippen LogP contribution in [0.25, 0.3) is 0 Å². The van der Waals surface area contributed by atoms with E-state index in [1.54, 1.807) is 19.1 Å². The van der Waals surface area contributed by atoms with Crippen molar-refractivity contribution in [3.63, 3.8) is 0 Å². The van der Waals surface area contributed by atoms with Gasteiger partial charge in [-0.25, -0.2) is 0 Å². The van der Waals surface area contributed by atoms with Crippen LogP contribution in [0.5, 0.6) is 0 Å². The van der Waals surface area contributed by atoms with E-state index in [1.165, 1.54) is 6.42 Å². The third kappa shape index (κ3) is 2.87. The van der Waals surface area contributed by atoms with Gasteiger partial charge in [-0.2, -0.15) is 0 Å². The Morgan fingerprint density at radius 3 is 2.22 bits per heavy atom. The van der Waals surface area contributed by atoms with Crippen LogP contribution in [0.1, 0.15) is 49.4 Å². The molecule has 0 amide bonds. The number of hydrogen-bond acceptors (Lipinski definition) is 2. The first-order valence-corrected chi connectivity index (χ1v) is 6.80. The third-order valence-electron chi connectivity index (χ3n) is 3.90. The second kappa shape index (κ2) is 5.94. The highest BCUT2D eigenvalue weighted by atomic mass is 16.1. The van der Waals surface area contributed by atoms with Gasteiger partial charge in [0, 0.05) is 5.56 Å². The molecule has 1 aromatic rings. The van der Waals surface area contributed by atoms with E-state index in [2.05, 4.69) is 0 Å². The van der Waals surface area contributed by atoms with Crippen LogP contribution in [0.3, 0.4) is 0 Å². The molecule has 0 spiro atoms. The summed E-state index contributed by atoms with van der Waals surface area (Å²) in [7, 11) is 0. The average Bonchev–Trinajstić information content (AvgIpc) is 2.40. The van der Waals surface area contributed by atoms with Gasteiger partial charge in [-0.1, -0.05) is 49.6 Å². The molecule has 0 bridgehead atoms. The molecule has 0 saturated heterocycles. The highest BCUT2D eigenvalue weighted by molar-refractivity contribution is 6.10. The number of carbonyl (C=O) groups is 2. The summed E-state index contributed by atoms with van der Waals surface area (Å²) in [5.74, 6) is -0.137. The van der Waals surface area contributed by atoms with E-state index in [1.807, 2.05) is 18.2 Å². The summed E-state index contributed by atoms with van der Waals surface area (Å²) in [6.45, 7) is 1.56. The maximum absolute atomic E-state index is 12.5. The van der Waals surface area contributed by atoms with Gasteiger partial charge in [-0.3, -0.25) is 9.59 Å². The van der Waals surface area contributed by atoms with Gasteiger partial charge in [0.05, 0.1) is 5.92 Å². The van der Waals surface area contributed by atoms with Crippen LogP contribution < -0.4 is 0 Å². The molecule has 2 heteroatoms. The van der Waals surface area contributed by atoms with Gasteiger partial charge in [0.1, 0.15) is 5.78 Å². The van der Waals surface area contributed by atoms with Gasteiger partial charge in [0.25, 0.3) is 0 Å². The maximum Gasteiger partial charge on any atom is 0.173 e. The summed E-state index contributed by atoms with van der Waals surface area (Å²) in [6.07, 6.45) is 5.57. The molecule has 1 aliphatic rings. The molecule has 0 N–H and O–H groups in total. The monoisotopic (exact) mass is 244 g/mol. The molecule has 1 aliphatic carbocycles. The molecule has 96 valence electrons. The van der Waals surface area contributed by atoms with Crippen molar-refractivity contribution < 1.29 is 9.59 Å². The van der Waals surface area contributed by atoms with Crippen molar-refractivity contribution in [2.24, 2.45) is 11.8 Å². The molecule has 1 saturated carbocycles. The van der Waals surface area contributed by atoms with Gasteiger partial charge < -0.3 is 0 Å². The SMILES string of the molecule is CC(=O)C(C(=O)c1ccccc1)C1CCCCC1. The molecule has 0 radical (unpaired) electrons. The zero-order valence-electron chi connectivity index (χ0n) is 10.9. The molecule has 18 heavy (non-hydrogen) atoms. The first kappa shape index (κ1) is 13.0. The fourth-order valence-electron chi connectivity index (χ4n) is 2.98. The number of hydrogen-bond donors (Lipinski definition) is 0. The van der Waals surface area contributed by atoms with Gasteiger partial charge in [0.15, 0.2) is 5.78 Å². The molecule has 1 atom stereocenters. The van der Waals surface area contributed by atoms with Gasteiger partial charge in [0.2, 0.25) is 0 Å². The summed E-state index contributed by atoms with van der Waals surface area (Å²) in [5, 5.41) is 0. The first-order chi connectivity index (χ1) is 8.70. The normalized spacial score (nSPS) is 18.3. The Kier molecular flexibility index (Phi) is 4.29. The minimum Gasteiger partial charge on any atom is -0.299 e. The minimum absolute atomic E-state index is 0.00926. The number of Topliss-reactive ketones (excluding diaryl/α,β-unsaturated/α-hetero) is 2. The van der Waals surface area contributed by atoms with E-state index in [4.69, 9.17) is 0 Å². The smallest absolute Gasteiger partial charge is 0.173 e. The topological polar surface area (TPSA) is 34.1 Å². The van der Waals surface area contributed by atoms with Crippen LogP contribution in [0.15, 0.2) is 30.3 Å².